The van der Waals surface area contributed by atoms with Gasteiger partial charge in [-0.15, -0.1) is 0 Å². The second-order valence-electron chi connectivity index (χ2n) is 8.02. The molecule has 5 rings (SSSR count). The van der Waals surface area contributed by atoms with Crippen LogP contribution in [0.4, 0.5) is 5.69 Å². The molecule has 0 radical (unpaired) electrons. The molecule has 1 aliphatic heterocycles. The lowest BCUT2D eigenvalue weighted by atomic mass is 10.1. The fourth-order valence-electron chi connectivity index (χ4n) is 4.33. The molecule has 0 saturated heterocycles. The highest BCUT2D eigenvalue weighted by Gasteiger charge is 2.32. The molecule has 164 valence electrons. The van der Waals surface area contributed by atoms with E-state index in [2.05, 4.69) is 15.1 Å². The van der Waals surface area contributed by atoms with Gasteiger partial charge in [0.2, 0.25) is 5.91 Å². The van der Waals surface area contributed by atoms with E-state index >= 15 is 0 Å². The van der Waals surface area contributed by atoms with Crippen LogP contribution >= 0.6 is 0 Å². The van der Waals surface area contributed by atoms with Gasteiger partial charge in [0.05, 0.1) is 17.4 Å². The molecule has 2 amide bonds. The Balaban J connectivity index is 1.39. The van der Waals surface area contributed by atoms with Crippen LogP contribution in [0.5, 0.6) is 0 Å². The van der Waals surface area contributed by atoms with Gasteiger partial charge in [0.15, 0.2) is 0 Å². The van der Waals surface area contributed by atoms with Crippen molar-refractivity contribution < 1.29 is 14.0 Å². The number of carbonyl (C=O) groups is 2. The van der Waals surface area contributed by atoms with Gasteiger partial charge >= 0.3 is 5.91 Å². The summed E-state index contributed by atoms with van der Waals surface area (Å²) < 4.78 is 7.52. The smallest absolute Gasteiger partial charge is 0.307 e. The summed E-state index contributed by atoms with van der Waals surface area (Å²) >= 11 is 0. The molecule has 2 aromatic carbocycles. The Morgan fingerprint density at radius 1 is 1.24 bits per heavy atom. The molecule has 1 N–H and O–H groups in total. The Labute approximate surface area is 190 Å². The van der Waals surface area contributed by atoms with E-state index in [1.807, 2.05) is 59.3 Å². The van der Waals surface area contributed by atoms with E-state index in [0.717, 1.165) is 27.7 Å². The lowest BCUT2D eigenvalue weighted by molar-refractivity contribution is -0.120. The quantitative estimate of drug-likeness (QED) is 0.483. The molecule has 0 aliphatic carbocycles. The highest BCUT2D eigenvalue weighted by molar-refractivity contribution is 6.09. The molecule has 8 nitrogen and oxygen atoms in total. The lowest BCUT2D eigenvalue weighted by Crippen LogP contribution is -2.48. The van der Waals surface area contributed by atoms with Gasteiger partial charge in [-0.25, -0.2) is 11.6 Å². The number of oxazole rings is 1. The molecule has 0 spiro atoms. The number of aromatic nitrogens is 2. The molecule has 0 saturated carbocycles. The number of amides is 2. The minimum Gasteiger partial charge on any atom is -0.437 e. The summed E-state index contributed by atoms with van der Waals surface area (Å²) in [5.41, 5.74) is 3.61. The average molecular weight is 439 g/mol. The highest BCUT2D eigenvalue weighted by atomic mass is 16.4. The Bertz CT molecular complexity index is 1400. The molecule has 0 unspecified atom stereocenters. The number of anilines is 1. The van der Waals surface area contributed by atoms with E-state index in [1.54, 1.807) is 11.9 Å². The summed E-state index contributed by atoms with van der Waals surface area (Å²) in [5, 5.41) is 3.72. The number of likely N-dealkylation sites (N-methyl/N-ethyl adjacent to an activating group) is 1. The van der Waals surface area contributed by atoms with Gasteiger partial charge in [-0.1, -0.05) is 36.4 Å². The van der Waals surface area contributed by atoms with Gasteiger partial charge in [-0.3, -0.25) is 19.0 Å². The van der Waals surface area contributed by atoms with Gasteiger partial charge < -0.3 is 14.6 Å². The van der Waals surface area contributed by atoms with Gasteiger partial charge in [0.1, 0.15) is 11.8 Å². The number of benzene rings is 2. The largest absolute Gasteiger partial charge is 0.437 e. The number of hydrogen-bond donors (Lipinski definition) is 1. The Morgan fingerprint density at radius 3 is 2.85 bits per heavy atom. The van der Waals surface area contributed by atoms with E-state index in [0.29, 0.717) is 18.6 Å². The first kappa shape index (κ1) is 20.5. The minimum atomic E-state index is -0.786. The van der Waals surface area contributed by atoms with Gasteiger partial charge in [-0.2, -0.15) is 0 Å². The molecule has 4 aromatic rings. The normalized spacial score (nSPS) is 15.3. The van der Waals surface area contributed by atoms with Crippen molar-refractivity contribution in [3.8, 4) is 0 Å². The summed E-state index contributed by atoms with van der Waals surface area (Å²) in [7, 11) is 1.70. The van der Waals surface area contributed by atoms with E-state index in [-0.39, 0.29) is 18.5 Å². The highest BCUT2D eigenvalue weighted by Crippen LogP contribution is 2.34. The molecular formula is C25H21N5O3. The number of nitrogens with one attached hydrogen (secondary N) is 1. The zero-order valence-electron chi connectivity index (χ0n) is 18.0. The van der Waals surface area contributed by atoms with Crippen molar-refractivity contribution in [3.05, 3.63) is 95.1 Å². The van der Waals surface area contributed by atoms with Crippen molar-refractivity contribution >= 4 is 28.4 Å². The van der Waals surface area contributed by atoms with E-state index in [4.69, 9.17) is 11.0 Å². The van der Waals surface area contributed by atoms with E-state index in [1.165, 1.54) is 6.20 Å². The van der Waals surface area contributed by atoms with Crippen molar-refractivity contribution in [2.75, 3.05) is 11.9 Å². The predicted molar refractivity (Wildman–Crippen MR) is 123 cm³/mol. The van der Waals surface area contributed by atoms with Crippen LogP contribution in [-0.2, 0) is 24.3 Å². The Hall–Kier alpha value is -4.38. The molecule has 33 heavy (non-hydrogen) atoms. The zero-order valence-corrected chi connectivity index (χ0v) is 18.0. The maximum absolute atomic E-state index is 13.2. The maximum atomic E-state index is 13.2. The molecule has 8 heteroatoms. The standard InChI is InChI=1S/C25H21N5O3/c1-26-15-30-14-17-12-19(25(32)29(2)20-9-6-10-21(30)22(17)20)28-23(31)24-27-13-18(33-24)11-16-7-4-3-5-8-16/h3-10,13-14,19H,11-12,15H2,2H3,(H,28,31)/t19-/m0/s1. The van der Waals surface area contributed by atoms with Crippen LogP contribution in [-0.4, -0.2) is 34.5 Å². The van der Waals surface area contributed by atoms with Crippen molar-refractivity contribution in [3.63, 3.8) is 0 Å². The third-order valence-electron chi connectivity index (χ3n) is 5.87. The van der Waals surface area contributed by atoms with Gasteiger partial charge in [0.25, 0.3) is 12.6 Å². The number of hydrogen-bond acceptors (Lipinski definition) is 4. The van der Waals surface area contributed by atoms with Gasteiger partial charge in [-0.05, 0) is 23.3 Å². The van der Waals surface area contributed by atoms with Gasteiger partial charge in [0, 0.05) is 31.5 Å². The van der Waals surface area contributed by atoms with Crippen LogP contribution in [0, 0.1) is 6.57 Å². The number of rotatable bonds is 5. The molecule has 0 fully saturated rings. The number of nitrogens with zero attached hydrogens (tertiary/aromatic N) is 4. The summed E-state index contributed by atoms with van der Waals surface area (Å²) in [4.78, 5) is 35.2. The second-order valence-corrected chi connectivity index (χ2v) is 8.02. The molecule has 2 aromatic heterocycles. The lowest BCUT2D eigenvalue weighted by Gasteiger charge is -2.22. The van der Waals surface area contributed by atoms with Crippen LogP contribution in [0.15, 0.2) is 65.3 Å². The third kappa shape index (κ3) is 3.74. The average Bonchev–Trinajstić information content (AvgIpc) is 3.41. The zero-order chi connectivity index (χ0) is 22.9. The first-order valence-electron chi connectivity index (χ1n) is 10.6. The monoisotopic (exact) mass is 439 g/mol. The summed E-state index contributed by atoms with van der Waals surface area (Å²) in [5.74, 6) is -0.265. The molecule has 1 atom stereocenters. The van der Waals surface area contributed by atoms with Crippen LogP contribution in [0.3, 0.4) is 0 Å². The Kier molecular flexibility index (Phi) is 5.15. The van der Waals surface area contributed by atoms with E-state index < -0.39 is 11.9 Å². The van der Waals surface area contributed by atoms with Crippen molar-refractivity contribution in [2.45, 2.75) is 25.6 Å². The molecular weight excluding hydrogens is 418 g/mol. The fraction of sp³-hybridized carbons (Fsp3) is 0.200. The second kappa shape index (κ2) is 8.28. The summed E-state index contributed by atoms with van der Waals surface area (Å²) in [6.45, 7) is 7.42. The number of carbonyl (C=O) groups excluding carboxylic acids is 2. The molecule has 3 heterocycles. The van der Waals surface area contributed by atoms with Crippen LogP contribution in [0.2, 0.25) is 0 Å². The molecule has 1 aliphatic rings. The predicted octanol–water partition coefficient (Wildman–Crippen LogP) is 3.41. The van der Waals surface area contributed by atoms with Crippen molar-refractivity contribution in [2.24, 2.45) is 0 Å². The first-order valence-corrected chi connectivity index (χ1v) is 10.6. The first-order chi connectivity index (χ1) is 16.0. The summed E-state index contributed by atoms with van der Waals surface area (Å²) in [6, 6.07) is 14.7. The minimum absolute atomic E-state index is 0.0751. The maximum Gasteiger partial charge on any atom is 0.307 e. The van der Waals surface area contributed by atoms with Crippen LogP contribution in [0.1, 0.15) is 27.6 Å². The van der Waals surface area contributed by atoms with Crippen molar-refractivity contribution in [1.82, 2.24) is 14.9 Å². The van der Waals surface area contributed by atoms with E-state index in [9.17, 15) is 9.59 Å². The van der Waals surface area contributed by atoms with Crippen LogP contribution in [0.25, 0.3) is 15.7 Å². The van der Waals surface area contributed by atoms with Crippen LogP contribution < -0.4 is 10.2 Å². The Morgan fingerprint density at radius 2 is 2.06 bits per heavy atom. The summed E-state index contributed by atoms with van der Waals surface area (Å²) in [6.07, 6.45) is 4.26. The van der Waals surface area contributed by atoms with Crippen molar-refractivity contribution in [1.29, 1.82) is 0 Å². The fourth-order valence-corrected chi connectivity index (χ4v) is 4.33. The third-order valence-corrected chi connectivity index (χ3v) is 5.87. The molecule has 0 bridgehead atoms. The topological polar surface area (TPSA) is 84.7 Å². The SMILES string of the molecule is [C-]#[N+]Cn1cc2c3c(cccc31)N(C)C(=O)[C@@H](NC(=O)c1ncc(Cc3ccccc3)o1)C2.